The van der Waals surface area contributed by atoms with E-state index in [1.54, 1.807) is 11.8 Å². The van der Waals surface area contributed by atoms with Crippen molar-refractivity contribution in [1.29, 1.82) is 0 Å². The van der Waals surface area contributed by atoms with E-state index in [9.17, 15) is 4.79 Å². The first-order chi connectivity index (χ1) is 7.11. The van der Waals surface area contributed by atoms with Crippen molar-refractivity contribution in [2.24, 2.45) is 0 Å². The van der Waals surface area contributed by atoms with Crippen LogP contribution in [0.25, 0.3) is 0 Å². The average Bonchev–Trinajstić information content (AvgIpc) is 2.47. The molecule has 0 aliphatic heterocycles. The van der Waals surface area contributed by atoms with Crippen molar-refractivity contribution in [2.75, 3.05) is 12.4 Å². The Kier molecular flexibility index (Phi) is 4.27. The molecule has 0 atom stereocenters. The summed E-state index contributed by atoms with van der Waals surface area (Å²) in [5.41, 5.74) is 2.63. The molecule has 0 aromatic carbocycles. The smallest absolute Gasteiger partial charge is 0.355 e. The molecule has 84 valence electrons. The van der Waals surface area contributed by atoms with Gasteiger partial charge in [-0.2, -0.15) is 0 Å². The predicted octanol–water partition coefficient (Wildman–Crippen LogP) is 2.92. The molecular weight excluding hydrogens is 210 g/mol. The number of aromatic nitrogens is 1. The van der Waals surface area contributed by atoms with E-state index in [-0.39, 0.29) is 5.97 Å². The molecule has 0 bridgehead atoms. The van der Waals surface area contributed by atoms with Gasteiger partial charge in [0.1, 0.15) is 5.69 Å². The third-order valence-electron chi connectivity index (χ3n) is 2.14. The van der Waals surface area contributed by atoms with Crippen LogP contribution in [-0.2, 0) is 4.74 Å². The topological polar surface area (TPSA) is 42.1 Å². The lowest BCUT2D eigenvalue weighted by Crippen LogP contribution is -2.06. The fourth-order valence-corrected chi connectivity index (χ4v) is 2.38. The number of aryl methyl sites for hydroxylation is 1. The Labute approximate surface area is 94.6 Å². The number of esters is 1. The maximum Gasteiger partial charge on any atom is 0.355 e. The van der Waals surface area contributed by atoms with E-state index >= 15 is 0 Å². The molecule has 1 N–H and O–H groups in total. The van der Waals surface area contributed by atoms with Gasteiger partial charge in [-0.1, -0.05) is 6.92 Å². The molecule has 0 aliphatic carbocycles. The molecule has 0 saturated carbocycles. The van der Waals surface area contributed by atoms with Crippen LogP contribution in [0.5, 0.6) is 0 Å². The summed E-state index contributed by atoms with van der Waals surface area (Å²) in [5, 5.41) is 0. The third-order valence-corrected chi connectivity index (χ3v) is 3.33. The quantitative estimate of drug-likeness (QED) is 0.635. The van der Waals surface area contributed by atoms with Crippen LogP contribution >= 0.6 is 11.8 Å². The molecule has 4 heteroatoms. The van der Waals surface area contributed by atoms with Gasteiger partial charge in [-0.05, 0) is 32.1 Å². The lowest BCUT2D eigenvalue weighted by atomic mass is 10.2. The van der Waals surface area contributed by atoms with E-state index in [0.717, 1.165) is 17.0 Å². The second-order valence-corrected chi connectivity index (χ2v) is 4.51. The van der Waals surface area contributed by atoms with Crippen molar-refractivity contribution < 1.29 is 9.53 Å². The number of H-pyrrole nitrogens is 1. The zero-order valence-corrected chi connectivity index (χ0v) is 10.5. The van der Waals surface area contributed by atoms with Gasteiger partial charge in [-0.15, -0.1) is 11.8 Å². The number of ether oxygens (including phenoxy) is 1. The molecule has 1 aromatic rings. The Bertz CT molecular complexity index is 358. The second kappa shape index (κ2) is 5.26. The van der Waals surface area contributed by atoms with E-state index in [2.05, 4.69) is 11.9 Å². The van der Waals surface area contributed by atoms with Crippen LogP contribution in [0.4, 0.5) is 0 Å². The highest BCUT2D eigenvalue weighted by Gasteiger charge is 2.17. The Morgan fingerprint density at radius 2 is 2.07 bits per heavy atom. The Morgan fingerprint density at radius 3 is 2.60 bits per heavy atom. The first-order valence-corrected chi connectivity index (χ1v) is 6.09. The number of hydrogen-bond acceptors (Lipinski definition) is 3. The number of thioether (sulfide) groups is 1. The fourth-order valence-electron chi connectivity index (χ4n) is 1.50. The number of carbonyl (C=O) groups excluding carboxylic acids is 1. The Hall–Kier alpha value is -0.900. The summed E-state index contributed by atoms with van der Waals surface area (Å²) in [6.07, 6.45) is 0. The monoisotopic (exact) mass is 227 g/mol. The second-order valence-electron chi connectivity index (χ2n) is 3.23. The minimum atomic E-state index is -0.263. The summed E-state index contributed by atoms with van der Waals surface area (Å²) in [5.74, 6) is 0.739. The zero-order chi connectivity index (χ0) is 11.4. The minimum absolute atomic E-state index is 0.263. The van der Waals surface area contributed by atoms with Crippen LogP contribution in [0.15, 0.2) is 4.90 Å². The predicted molar refractivity (Wildman–Crippen MR) is 62.6 cm³/mol. The Morgan fingerprint density at radius 1 is 1.40 bits per heavy atom. The number of aromatic amines is 1. The largest absolute Gasteiger partial charge is 0.461 e. The van der Waals surface area contributed by atoms with Crippen LogP contribution in [-0.4, -0.2) is 23.3 Å². The summed E-state index contributed by atoms with van der Waals surface area (Å²) in [4.78, 5) is 15.8. The molecule has 1 aromatic heterocycles. The van der Waals surface area contributed by atoms with Gasteiger partial charge in [0.25, 0.3) is 0 Å². The zero-order valence-electron chi connectivity index (χ0n) is 9.64. The minimum Gasteiger partial charge on any atom is -0.461 e. The third kappa shape index (κ3) is 2.56. The van der Waals surface area contributed by atoms with Gasteiger partial charge >= 0.3 is 5.97 Å². The highest BCUT2D eigenvalue weighted by atomic mass is 32.2. The summed E-state index contributed by atoms with van der Waals surface area (Å²) in [6, 6.07) is 0. The van der Waals surface area contributed by atoms with Gasteiger partial charge in [0.2, 0.25) is 0 Å². The highest BCUT2D eigenvalue weighted by Crippen LogP contribution is 2.28. The Balaban J connectivity index is 3.00. The summed E-state index contributed by atoms with van der Waals surface area (Å²) in [6.45, 7) is 8.25. The van der Waals surface area contributed by atoms with Crippen molar-refractivity contribution in [1.82, 2.24) is 4.98 Å². The first kappa shape index (κ1) is 12.2. The number of rotatable bonds is 4. The SMILES string of the molecule is CCOC(=O)c1[nH]c(C)c(SCC)c1C. The highest BCUT2D eigenvalue weighted by molar-refractivity contribution is 7.99. The molecule has 1 heterocycles. The van der Waals surface area contributed by atoms with Crippen LogP contribution in [0.3, 0.4) is 0 Å². The maximum atomic E-state index is 11.6. The van der Waals surface area contributed by atoms with E-state index in [4.69, 9.17) is 4.74 Å². The molecule has 0 unspecified atom stereocenters. The molecule has 0 amide bonds. The lowest BCUT2D eigenvalue weighted by molar-refractivity contribution is 0.0519. The van der Waals surface area contributed by atoms with Gasteiger partial charge in [0, 0.05) is 10.6 Å². The van der Waals surface area contributed by atoms with Crippen molar-refractivity contribution >= 4 is 17.7 Å². The summed E-state index contributed by atoms with van der Waals surface area (Å²) < 4.78 is 4.98. The van der Waals surface area contributed by atoms with E-state index in [0.29, 0.717) is 12.3 Å². The number of nitrogens with one attached hydrogen (secondary N) is 1. The van der Waals surface area contributed by atoms with E-state index < -0.39 is 0 Å². The van der Waals surface area contributed by atoms with Crippen molar-refractivity contribution in [2.45, 2.75) is 32.6 Å². The number of hydrogen-bond donors (Lipinski definition) is 1. The molecule has 0 fully saturated rings. The molecule has 0 spiro atoms. The van der Waals surface area contributed by atoms with Gasteiger partial charge in [0.15, 0.2) is 0 Å². The van der Waals surface area contributed by atoms with Crippen molar-refractivity contribution in [3.63, 3.8) is 0 Å². The maximum absolute atomic E-state index is 11.6. The lowest BCUT2D eigenvalue weighted by Gasteiger charge is -2.01. The van der Waals surface area contributed by atoms with Gasteiger partial charge < -0.3 is 9.72 Å². The van der Waals surface area contributed by atoms with Crippen LogP contribution in [0, 0.1) is 13.8 Å². The van der Waals surface area contributed by atoms with Crippen LogP contribution in [0.2, 0.25) is 0 Å². The average molecular weight is 227 g/mol. The van der Waals surface area contributed by atoms with Crippen molar-refractivity contribution in [3.05, 3.63) is 17.0 Å². The molecule has 0 aliphatic rings. The van der Waals surface area contributed by atoms with Gasteiger partial charge in [-0.25, -0.2) is 4.79 Å². The van der Waals surface area contributed by atoms with E-state index in [1.165, 1.54) is 4.90 Å². The molecule has 15 heavy (non-hydrogen) atoms. The summed E-state index contributed by atoms with van der Waals surface area (Å²) in [7, 11) is 0. The standard InChI is InChI=1S/C11H17NO2S/c1-5-14-11(13)9-7(3)10(15-6-2)8(4)12-9/h12H,5-6H2,1-4H3. The fraction of sp³-hybridized carbons (Fsp3) is 0.545. The molecule has 3 nitrogen and oxygen atoms in total. The van der Waals surface area contributed by atoms with Crippen LogP contribution in [0.1, 0.15) is 35.6 Å². The molecule has 1 rings (SSSR count). The van der Waals surface area contributed by atoms with Crippen molar-refractivity contribution in [3.8, 4) is 0 Å². The van der Waals surface area contributed by atoms with Crippen LogP contribution < -0.4 is 0 Å². The molecular formula is C11H17NO2S. The van der Waals surface area contributed by atoms with Gasteiger partial charge in [-0.3, -0.25) is 0 Å². The van der Waals surface area contributed by atoms with E-state index in [1.807, 2.05) is 20.8 Å². The molecule has 0 radical (unpaired) electrons. The normalized spacial score (nSPS) is 10.4. The first-order valence-electron chi connectivity index (χ1n) is 5.10. The van der Waals surface area contributed by atoms with Gasteiger partial charge in [0.05, 0.1) is 6.61 Å². The molecule has 0 saturated heterocycles. The number of carbonyl (C=O) groups is 1. The summed E-state index contributed by atoms with van der Waals surface area (Å²) >= 11 is 1.75.